The van der Waals surface area contributed by atoms with Crippen LogP contribution in [-0.2, 0) is 21.2 Å². The van der Waals surface area contributed by atoms with Crippen LogP contribution in [0.3, 0.4) is 0 Å². The lowest BCUT2D eigenvalue weighted by Crippen LogP contribution is -2.31. The van der Waals surface area contributed by atoms with Gasteiger partial charge in [-0.25, -0.2) is 13.1 Å². The molecule has 1 heterocycles. The Kier molecular flexibility index (Phi) is 6.26. The number of nitrogens with one attached hydrogen (secondary N) is 2. The zero-order valence-electron chi connectivity index (χ0n) is 15.3. The number of sulfonamides is 1. The Hall–Kier alpha value is -2.22. The van der Waals surface area contributed by atoms with Crippen molar-refractivity contribution < 1.29 is 17.9 Å². The first kappa shape index (κ1) is 19.5. The number of rotatable bonds is 7. The van der Waals surface area contributed by atoms with Crippen LogP contribution in [0.2, 0.25) is 0 Å². The van der Waals surface area contributed by atoms with Crippen molar-refractivity contribution in [2.75, 3.05) is 18.5 Å². The average Bonchev–Trinajstić information content (AvgIpc) is 3.21. The Balaban J connectivity index is 1.61. The molecule has 0 bridgehead atoms. The Labute approximate surface area is 160 Å². The summed E-state index contributed by atoms with van der Waals surface area (Å²) in [5.74, 6) is -0.282. The normalized spacial score (nSPS) is 17.0. The molecule has 2 aromatic carbocycles. The molecule has 0 saturated carbocycles. The van der Waals surface area contributed by atoms with Crippen LogP contribution in [0.15, 0.2) is 53.4 Å². The van der Waals surface area contributed by atoms with Gasteiger partial charge in [-0.3, -0.25) is 4.79 Å². The van der Waals surface area contributed by atoms with E-state index in [1.165, 1.54) is 29.8 Å². The van der Waals surface area contributed by atoms with Crippen molar-refractivity contribution in [2.45, 2.75) is 37.2 Å². The van der Waals surface area contributed by atoms with E-state index in [0.29, 0.717) is 17.9 Å². The first-order valence-corrected chi connectivity index (χ1v) is 10.6. The number of hydrogen-bond acceptors (Lipinski definition) is 4. The maximum absolute atomic E-state index is 12.4. The van der Waals surface area contributed by atoms with Gasteiger partial charge < -0.3 is 10.1 Å². The predicted molar refractivity (Wildman–Crippen MR) is 104 cm³/mol. The smallest absolute Gasteiger partial charge is 0.255 e. The van der Waals surface area contributed by atoms with Gasteiger partial charge in [0.1, 0.15) is 0 Å². The highest BCUT2D eigenvalue weighted by molar-refractivity contribution is 7.89. The van der Waals surface area contributed by atoms with E-state index < -0.39 is 10.0 Å². The number of anilines is 1. The molecular weight excluding hydrogens is 364 g/mol. The third-order valence-corrected chi connectivity index (χ3v) is 6.01. The van der Waals surface area contributed by atoms with Crippen LogP contribution in [0, 0.1) is 0 Å². The number of carbonyl (C=O) groups excluding carboxylic acids is 1. The highest BCUT2D eigenvalue weighted by atomic mass is 32.2. The summed E-state index contributed by atoms with van der Waals surface area (Å²) >= 11 is 0. The number of hydrogen-bond donors (Lipinski definition) is 2. The molecule has 1 aliphatic rings. The van der Waals surface area contributed by atoms with Crippen molar-refractivity contribution in [3.8, 4) is 0 Å². The average molecular weight is 388 g/mol. The lowest BCUT2D eigenvalue weighted by molar-refractivity contribution is 0.102. The monoisotopic (exact) mass is 388 g/mol. The van der Waals surface area contributed by atoms with E-state index in [4.69, 9.17) is 4.74 Å². The molecule has 1 amide bonds. The predicted octanol–water partition coefficient (Wildman–Crippen LogP) is 2.96. The highest BCUT2D eigenvalue weighted by Crippen LogP contribution is 2.16. The summed E-state index contributed by atoms with van der Waals surface area (Å²) in [4.78, 5) is 12.5. The molecule has 3 rings (SSSR count). The van der Waals surface area contributed by atoms with Gasteiger partial charge in [0, 0.05) is 24.4 Å². The topological polar surface area (TPSA) is 84.5 Å². The van der Waals surface area contributed by atoms with Crippen molar-refractivity contribution in [2.24, 2.45) is 0 Å². The van der Waals surface area contributed by atoms with Gasteiger partial charge in [0.25, 0.3) is 5.91 Å². The minimum atomic E-state index is -3.62. The maximum atomic E-state index is 12.4. The molecule has 0 aromatic heterocycles. The van der Waals surface area contributed by atoms with Gasteiger partial charge in [-0.05, 0) is 61.2 Å². The van der Waals surface area contributed by atoms with Crippen molar-refractivity contribution in [3.05, 3.63) is 59.7 Å². The van der Waals surface area contributed by atoms with Gasteiger partial charge in [-0.2, -0.15) is 0 Å². The zero-order valence-corrected chi connectivity index (χ0v) is 16.1. The molecule has 27 heavy (non-hydrogen) atoms. The summed E-state index contributed by atoms with van der Waals surface area (Å²) in [6.07, 6.45) is 2.69. The van der Waals surface area contributed by atoms with E-state index in [-0.39, 0.29) is 23.5 Å². The molecular formula is C20H24N2O4S. The van der Waals surface area contributed by atoms with Crippen LogP contribution in [0.5, 0.6) is 0 Å². The summed E-state index contributed by atoms with van der Waals surface area (Å²) in [5, 5.41) is 2.81. The first-order chi connectivity index (χ1) is 13.0. The van der Waals surface area contributed by atoms with E-state index in [1.807, 2.05) is 24.3 Å². The second-order valence-electron chi connectivity index (χ2n) is 6.52. The summed E-state index contributed by atoms with van der Waals surface area (Å²) in [5.41, 5.74) is 2.29. The molecule has 0 unspecified atom stereocenters. The minimum Gasteiger partial charge on any atom is -0.377 e. The largest absolute Gasteiger partial charge is 0.377 e. The Bertz CT molecular complexity index is 871. The van der Waals surface area contributed by atoms with E-state index in [9.17, 15) is 13.2 Å². The summed E-state index contributed by atoms with van der Waals surface area (Å²) in [6.45, 7) is 3.01. The second-order valence-corrected chi connectivity index (χ2v) is 8.28. The second kappa shape index (κ2) is 8.65. The molecule has 1 fully saturated rings. The van der Waals surface area contributed by atoms with Gasteiger partial charge in [0.05, 0.1) is 11.0 Å². The molecule has 2 aromatic rings. The number of benzene rings is 2. The van der Waals surface area contributed by atoms with E-state index in [2.05, 4.69) is 17.0 Å². The summed E-state index contributed by atoms with van der Waals surface area (Å²) in [6, 6.07) is 13.5. The fourth-order valence-corrected chi connectivity index (χ4v) is 3.97. The number of ether oxygens (including phenoxy) is 1. The van der Waals surface area contributed by atoms with Crippen molar-refractivity contribution in [3.63, 3.8) is 0 Å². The molecule has 1 aliphatic heterocycles. The molecule has 7 heteroatoms. The molecule has 2 N–H and O–H groups in total. The molecule has 0 radical (unpaired) electrons. The van der Waals surface area contributed by atoms with Crippen LogP contribution in [0.4, 0.5) is 5.69 Å². The SMILES string of the molecule is CCc1ccc(NC(=O)c2ccc(S(=O)(=O)NC[C@H]3CCCO3)cc2)cc1. The Morgan fingerprint density at radius 1 is 1.11 bits per heavy atom. The van der Waals surface area contributed by atoms with E-state index in [0.717, 1.165) is 19.3 Å². The molecule has 0 aliphatic carbocycles. The lowest BCUT2D eigenvalue weighted by Gasteiger charge is -2.12. The van der Waals surface area contributed by atoms with Gasteiger partial charge in [-0.15, -0.1) is 0 Å². The summed E-state index contributed by atoms with van der Waals surface area (Å²) < 4.78 is 32.7. The molecule has 0 spiro atoms. The van der Waals surface area contributed by atoms with Crippen LogP contribution >= 0.6 is 0 Å². The summed E-state index contributed by atoms with van der Waals surface area (Å²) in [7, 11) is -3.62. The van der Waals surface area contributed by atoms with Crippen molar-refractivity contribution in [1.29, 1.82) is 0 Å². The fraction of sp³-hybridized carbons (Fsp3) is 0.350. The van der Waals surface area contributed by atoms with Crippen LogP contribution < -0.4 is 10.0 Å². The highest BCUT2D eigenvalue weighted by Gasteiger charge is 2.20. The standard InChI is InChI=1S/C20H24N2O4S/c1-2-15-5-9-17(10-6-15)22-20(23)16-7-11-19(12-8-16)27(24,25)21-14-18-4-3-13-26-18/h5-12,18,21H,2-4,13-14H2,1H3,(H,22,23)/t18-/m1/s1. The van der Waals surface area contributed by atoms with Crippen molar-refractivity contribution >= 4 is 21.6 Å². The molecule has 1 atom stereocenters. The van der Waals surface area contributed by atoms with Crippen LogP contribution in [-0.4, -0.2) is 33.6 Å². The van der Waals surface area contributed by atoms with E-state index >= 15 is 0 Å². The van der Waals surface area contributed by atoms with Crippen LogP contribution in [0.25, 0.3) is 0 Å². The minimum absolute atomic E-state index is 0.0658. The van der Waals surface area contributed by atoms with Gasteiger partial charge in [-0.1, -0.05) is 19.1 Å². The van der Waals surface area contributed by atoms with Crippen LogP contribution in [0.1, 0.15) is 35.7 Å². The van der Waals surface area contributed by atoms with Gasteiger partial charge in [0.15, 0.2) is 0 Å². The molecule has 6 nitrogen and oxygen atoms in total. The number of carbonyl (C=O) groups is 1. The third kappa shape index (κ3) is 5.15. The van der Waals surface area contributed by atoms with E-state index in [1.54, 1.807) is 0 Å². The first-order valence-electron chi connectivity index (χ1n) is 9.09. The molecule has 1 saturated heterocycles. The Morgan fingerprint density at radius 3 is 2.41 bits per heavy atom. The van der Waals surface area contributed by atoms with Gasteiger partial charge in [0.2, 0.25) is 10.0 Å². The number of amides is 1. The molecule has 144 valence electrons. The fourth-order valence-electron chi connectivity index (χ4n) is 2.90. The van der Waals surface area contributed by atoms with Gasteiger partial charge >= 0.3 is 0 Å². The zero-order chi connectivity index (χ0) is 19.3. The maximum Gasteiger partial charge on any atom is 0.255 e. The lowest BCUT2D eigenvalue weighted by atomic mass is 10.1. The number of aryl methyl sites for hydroxylation is 1. The van der Waals surface area contributed by atoms with Crippen molar-refractivity contribution in [1.82, 2.24) is 4.72 Å². The third-order valence-electron chi connectivity index (χ3n) is 4.57. The Morgan fingerprint density at radius 2 is 1.81 bits per heavy atom. The quantitative estimate of drug-likeness (QED) is 0.764.